The molecule has 174 valence electrons. The average Bonchev–Trinajstić information content (AvgIpc) is 2.88. The molecule has 0 aliphatic carbocycles. The zero-order chi connectivity index (χ0) is 23.9. The van der Waals surface area contributed by atoms with E-state index in [0.29, 0.717) is 11.4 Å². The molecule has 1 amide bonds. The van der Waals surface area contributed by atoms with Crippen molar-refractivity contribution in [2.75, 3.05) is 25.1 Å². The van der Waals surface area contributed by atoms with Crippen LogP contribution in [-0.2, 0) is 6.54 Å². The van der Waals surface area contributed by atoms with Crippen LogP contribution >= 0.6 is 0 Å². The van der Waals surface area contributed by atoms with Crippen LogP contribution in [0, 0.1) is 18.3 Å². The number of nitriles is 1. The first-order valence-electron chi connectivity index (χ1n) is 11.1. The first-order chi connectivity index (χ1) is 16.6. The lowest BCUT2D eigenvalue weighted by molar-refractivity contribution is 0.0944. The molecule has 3 aromatic rings. The molecule has 1 N–H and O–H groups in total. The molecule has 9 nitrogen and oxygen atoms in total. The number of amides is 1. The minimum atomic E-state index is -0.324. The van der Waals surface area contributed by atoms with E-state index in [0.717, 1.165) is 48.6 Å². The van der Waals surface area contributed by atoms with E-state index in [-0.39, 0.29) is 24.2 Å². The Morgan fingerprint density at radius 2 is 2.00 bits per heavy atom. The van der Waals surface area contributed by atoms with Crippen molar-refractivity contribution in [1.29, 1.82) is 5.26 Å². The summed E-state index contributed by atoms with van der Waals surface area (Å²) in [5.74, 6) is 1.73. The fourth-order valence-corrected chi connectivity index (χ4v) is 3.89. The van der Waals surface area contributed by atoms with Crippen molar-refractivity contribution < 1.29 is 14.3 Å². The molecule has 3 heterocycles. The molecule has 0 atom stereocenters. The van der Waals surface area contributed by atoms with E-state index in [9.17, 15) is 10.1 Å². The third-order valence-electron chi connectivity index (χ3n) is 5.73. The maximum atomic E-state index is 12.6. The van der Waals surface area contributed by atoms with Crippen molar-refractivity contribution in [3.8, 4) is 17.7 Å². The zero-order valence-corrected chi connectivity index (χ0v) is 19.2. The van der Waals surface area contributed by atoms with Crippen LogP contribution in [0.15, 0.2) is 48.7 Å². The lowest BCUT2D eigenvalue weighted by atomic mass is 10.1. The van der Waals surface area contributed by atoms with E-state index in [1.165, 1.54) is 0 Å². The predicted molar refractivity (Wildman–Crippen MR) is 126 cm³/mol. The third kappa shape index (κ3) is 5.41. The number of hydrogen-bond acceptors (Lipinski definition) is 8. The first-order valence-corrected chi connectivity index (χ1v) is 11.1. The number of rotatable bonds is 7. The van der Waals surface area contributed by atoms with Crippen LogP contribution in [0.4, 0.5) is 5.82 Å². The second-order valence-electron chi connectivity index (χ2n) is 8.03. The van der Waals surface area contributed by atoms with Gasteiger partial charge < -0.3 is 19.7 Å². The van der Waals surface area contributed by atoms with Gasteiger partial charge in [0.2, 0.25) is 5.88 Å². The van der Waals surface area contributed by atoms with Crippen molar-refractivity contribution in [3.05, 3.63) is 71.0 Å². The highest BCUT2D eigenvalue weighted by Gasteiger charge is 2.23. The van der Waals surface area contributed by atoms with Gasteiger partial charge in [0.15, 0.2) is 11.5 Å². The SMILES string of the molecule is COc1ccc(OC2CCN(c3nnc(C(=O)NCc4ccccc4C#N)cc3C)CC2)cn1. The quantitative estimate of drug-likeness (QED) is 0.575. The molecule has 1 saturated heterocycles. The average molecular weight is 459 g/mol. The van der Waals surface area contributed by atoms with Crippen LogP contribution in [0.3, 0.4) is 0 Å². The number of piperidine rings is 1. The number of nitrogens with one attached hydrogen (secondary N) is 1. The van der Waals surface area contributed by atoms with E-state index in [2.05, 4.69) is 31.5 Å². The van der Waals surface area contributed by atoms with Crippen molar-refractivity contribution >= 4 is 11.7 Å². The fraction of sp³-hybridized carbons (Fsp3) is 0.320. The Labute approximate surface area is 198 Å². The number of methoxy groups -OCH3 is 1. The van der Waals surface area contributed by atoms with Crippen LogP contribution in [0.25, 0.3) is 0 Å². The van der Waals surface area contributed by atoms with Crippen molar-refractivity contribution in [1.82, 2.24) is 20.5 Å². The second kappa shape index (κ2) is 10.6. The summed E-state index contributed by atoms with van der Waals surface area (Å²) in [6.45, 7) is 3.74. The van der Waals surface area contributed by atoms with Crippen molar-refractivity contribution in [3.63, 3.8) is 0 Å². The van der Waals surface area contributed by atoms with Crippen molar-refractivity contribution in [2.24, 2.45) is 0 Å². The van der Waals surface area contributed by atoms with Gasteiger partial charge >= 0.3 is 0 Å². The molecule has 1 aliphatic heterocycles. The number of carbonyl (C=O) groups excluding carboxylic acids is 1. The minimum Gasteiger partial charge on any atom is -0.489 e. The molecule has 9 heteroatoms. The fourth-order valence-electron chi connectivity index (χ4n) is 3.89. The number of aryl methyl sites for hydroxylation is 1. The van der Waals surface area contributed by atoms with Gasteiger partial charge in [0.25, 0.3) is 5.91 Å². The van der Waals surface area contributed by atoms with E-state index in [4.69, 9.17) is 9.47 Å². The Kier molecular flexibility index (Phi) is 7.18. The monoisotopic (exact) mass is 458 g/mol. The number of carbonyl (C=O) groups is 1. The number of aromatic nitrogens is 3. The maximum Gasteiger partial charge on any atom is 0.272 e. The number of ether oxygens (including phenoxy) is 2. The Bertz CT molecular complexity index is 1180. The van der Waals surface area contributed by atoms with Crippen LogP contribution in [0.5, 0.6) is 11.6 Å². The molecule has 0 spiro atoms. The summed E-state index contributed by atoms with van der Waals surface area (Å²) in [4.78, 5) is 18.9. The molecule has 4 rings (SSSR count). The van der Waals surface area contributed by atoms with Gasteiger partial charge in [-0.25, -0.2) is 4.98 Å². The van der Waals surface area contributed by atoms with Crippen LogP contribution in [-0.4, -0.2) is 47.4 Å². The van der Waals surface area contributed by atoms with Gasteiger partial charge in [-0.1, -0.05) is 18.2 Å². The van der Waals surface area contributed by atoms with Crippen molar-refractivity contribution in [2.45, 2.75) is 32.4 Å². The van der Waals surface area contributed by atoms with Crippen LogP contribution < -0.4 is 19.7 Å². The summed E-state index contributed by atoms with van der Waals surface area (Å²) in [6.07, 6.45) is 3.45. The van der Waals surface area contributed by atoms with Crippen LogP contribution in [0.2, 0.25) is 0 Å². The third-order valence-corrected chi connectivity index (χ3v) is 5.73. The number of nitrogens with zero attached hydrogens (tertiary/aromatic N) is 5. The molecule has 0 saturated carbocycles. The van der Waals surface area contributed by atoms with E-state index >= 15 is 0 Å². The summed E-state index contributed by atoms with van der Waals surface area (Å²) < 4.78 is 11.1. The number of benzene rings is 1. The number of pyridine rings is 1. The molecule has 0 radical (unpaired) electrons. The zero-order valence-electron chi connectivity index (χ0n) is 19.2. The smallest absolute Gasteiger partial charge is 0.272 e. The summed E-state index contributed by atoms with van der Waals surface area (Å²) in [6, 6.07) is 14.7. The normalized spacial score (nSPS) is 13.7. The summed E-state index contributed by atoms with van der Waals surface area (Å²) in [5.41, 5.74) is 2.43. The molecule has 1 aromatic carbocycles. The molecule has 0 bridgehead atoms. The minimum absolute atomic E-state index is 0.0982. The highest BCUT2D eigenvalue weighted by molar-refractivity contribution is 5.92. The molecule has 2 aromatic heterocycles. The van der Waals surface area contributed by atoms with E-state index in [1.54, 1.807) is 37.6 Å². The Hall–Kier alpha value is -4.19. The number of hydrogen-bond donors (Lipinski definition) is 1. The van der Waals surface area contributed by atoms with Gasteiger partial charge in [-0.3, -0.25) is 4.79 Å². The topological polar surface area (TPSA) is 113 Å². The summed E-state index contributed by atoms with van der Waals surface area (Å²) in [5, 5.41) is 20.5. The summed E-state index contributed by atoms with van der Waals surface area (Å²) >= 11 is 0. The van der Waals surface area contributed by atoms with Gasteiger partial charge in [0, 0.05) is 38.5 Å². The highest BCUT2D eigenvalue weighted by atomic mass is 16.5. The van der Waals surface area contributed by atoms with Gasteiger partial charge in [-0.15, -0.1) is 10.2 Å². The standard InChI is InChI=1S/C25H26N6O3/c1-17-13-22(25(32)28-15-19-6-4-3-5-18(19)14-26)29-30-24(17)31-11-9-20(10-12-31)34-21-7-8-23(33-2)27-16-21/h3-8,13,16,20H,9-12,15H2,1-2H3,(H,28,32). The van der Waals surface area contributed by atoms with Gasteiger partial charge in [-0.2, -0.15) is 5.26 Å². The molecular weight excluding hydrogens is 432 g/mol. The molecule has 0 unspecified atom stereocenters. The highest BCUT2D eigenvalue weighted by Crippen LogP contribution is 2.24. The van der Waals surface area contributed by atoms with Gasteiger partial charge in [0.05, 0.1) is 24.9 Å². The van der Waals surface area contributed by atoms with E-state index in [1.807, 2.05) is 25.1 Å². The first kappa shape index (κ1) is 23.0. The van der Waals surface area contributed by atoms with Crippen LogP contribution in [0.1, 0.15) is 40.0 Å². The Morgan fingerprint density at radius 3 is 2.68 bits per heavy atom. The molecule has 1 fully saturated rings. The van der Waals surface area contributed by atoms with E-state index < -0.39 is 0 Å². The molecule has 1 aliphatic rings. The Morgan fingerprint density at radius 1 is 1.21 bits per heavy atom. The second-order valence-corrected chi connectivity index (χ2v) is 8.03. The predicted octanol–water partition coefficient (Wildman–Crippen LogP) is 3.04. The van der Waals surface area contributed by atoms with Gasteiger partial charge in [-0.05, 0) is 36.2 Å². The molecular formula is C25H26N6O3. The lowest BCUT2D eigenvalue weighted by Gasteiger charge is -2.33. The molecule has 34 heavy (non-hydrogen) atoms. The Balaban J connectivity index is 1.32. The summed E-state index contributed by atoms with van der Waals surface area (Å²) in [7, 11) is 1.58. The lowest BCUT2D eigenvalue weighted by Crippen LogP contribution is -2.39. The maximum absolute atomic E-state index is 12.6. The number of anilines is 1. The largest absolute Gasteiger partial charge is 0.489 e. The van der Waals surface area contributed by atoms with Gasteiger partial charge in [0.1, 0.15) is 11.9 Å².